The van der Waals surface area contributed by atoms with Crippen LogP contribution in [0.25, 0.3) is 0 Å². The van der Waals surface area contributed by atoms with E-state index in [4.69, 9.17) is 0 Å². The van der Waals surface area contributed by atoms with E-state index < -0.39 is 0 Å². The van der Waals surface area contributed by atoms with Crippen LogP contribution in [0.3, 0.4) is 0 Å². The Morgan fingerprint density at radius 3 is 3.08 bits per heavy atom. The number of nitrogens with zero attached hydrogens (tertiary/aromatic N) is 2. The van der Waals surface area contributed by atoms with E-state index in [2.05, 4.69) is 14.6 Å². The predicted molar refractivity (Wildman–Crippen MR) is 44.1 cm³/mol. The molecule has 0 saturated heterocycles. The maximum atomic E-state index is 11.5. The van der Waals surface area contributed by atoms with Crippen molar-refractivity contribution in [1.82, 2.24) is 14.6 Å². The van der Waals surface area contributed by atoms with Crippen LogP contribution in [0.1, 0.15) is 15.2 Å². The number of rotatable bonds is 2. The van der Waals surface area contributed by atoms with Crippen molar-refractivity contribution in [2.75, 3.05) is 0 Å². The largest absolute Gasteiger partial charge is 0.288 e. The molecule has 2 heterocycles. The molecule has 0 aliphatic carbocycles. The SMILES string of the molecule is O=C(c1cn[nH]c1)c1ccns1. The van der Waals surface area contributed by atoms with Gasteiger partial charge in [0.2, 0.25) is 5.78 Å². The summed E-state index contributed by atoms with van der Waals surface area (Å²) in [5, 5.41) is 6.28. The highest BCUT2D eigenvalue weighted by Crippen LogP contribution is 2.10. The molecule has 0 bridgehead atoms. The number of carbonyl (C=O) groups excluding carboxylic acids is 1. The molecular formula is C7H5N3OS. The first kappa shape index (κ1) is 7.17. The second-order valence-corrected chi connectivity index (χ2v) is 3.03. The van der Waals surface area contributed by atoms with Crippen LogP contribution in [0.5, 0.6) is 0 Å². The molecule has 0 unspecified atom stereocenters. The van der Waals surface area contributed by atoms with Crippen molar-refractivity contribution < 1.29 is 4.79 Å². The van der Waals surface area contributed by atoms with Crippen LogP contribution in [-0.2, 0) is 0 Å². The van der Waals surface area contributed by atoms with Gasteiger partial charge in [-0.1, -0.05) is 0 Å². The molecule has 12 heavy (non-hydrogen) atoms. The van der Waals surface area contributed by atoms with Crippen molar-refractivity contribution in [2.45, 2.75) is 0 Å². The Morgan fingerprint density at radius 2 is 2.50 bits per heavy atom. The average molecular weight is 179 g/mol. The van der Waals surface area contributed by atoms with Crippen LogP contribution in [0, 0.1) is 0 Å². The summed E-state index contributed by atoms with van der Waals surface area (Å²) in [6, 6.07) is 1.69. The van der Waals surface area contributed by atoms with E-state index in [0.29, 0.717) is 10.4 Å². The van der Waals surface area contributed by atoms with Gasteiger partial charge in [-0.05, 0) is 17.6 Å². The molecular weight excluding hydrogens is 174 g/mol. The number of hydrogen-bond acceptors (Lipinski definition) is 4. The van der Waals surface area contributed by atoms with Crippen molar-refractivity contribution in [3.63, 3.8) is 0 Å². The lowest BCUT2D eigenvalue weighted by Crippen LogP contribution is -1.95. The molecule has 0 saturated carbocycles. The third kappa shape index (κ3) is 1.14. The summed E-state index contributed by atoms with van der Waals surface area (Å²) in [7, 11) is 0. The fraction of sp³-hybridized carbons (Fsp3) is 0. The summed E-state index contributed by atoms with van der Waals surface area (Å²) in [5.74, 6) is -0.0359. The van der Waals surface area contributed by atoms with Crippen molar-refractivity contribution in [3.8, 4) is 0 Å². The molecule has 2 rings (SSSR count). The van der Waals surface area contributed by atoms with Gasteiger partial charge in [-0.15, -0.1) is 0 Å². The smallest absolute Gasteiger partial charge is 0.207 e. The van der Waals surface area contributed by atoms with Crippen LogP contribution in [0.2, 0.25) is 0 Å². The van der Waals surface area contributed by atoms with Gasteiger partial charge in [-0.3, -0.25) is 9.89 Å². The first-order valence-electron chi connectivity index (χ1n) is 3.32. The zero-order valence-electron chi connectivity index (χ0n) is 6.02. The highest BCUT2D eigenvalue weighted by Gasteiger charge is 2.10. The average Bonchev–Trinajstić information content (AvgIpc) is 2.77. The quantitative estimate of drug-likeness (QED) is 0.702. The molecule has 2 aromatic rings. The molecule has 60 valence electrons. The van der Waals surface area contributed by atoms with Gasteiger partial charge < -0.3 is 0 Å². The molecule has 0 spiro atoms. The highest BCUT2D eigenvalue weighted by atomic mass is 32.1. The first-order chi connectivity index (χ1) is 5.88. The Morgan fingerprint density at radius 1 is 1.58 bits per heavy atom. The lowest BCUT2D eigenvalue weighted by Gasteiger charge is -1.87. The maximum absolute atomic E-state index is 11.5. The third-order valence-corrected chi connectivity index (χ3v) is 2.17. The summed E-state index contributed by atoms with van der Waals surface area (Å²) in [6.07, 6.45) is 4.68. The summed E-state index contributed by atoms with van der Waals surface area (Å²) >= 11 is 1.19. The number of hydrogen-bond donors (Lipinski definition) is 1. The lowest BCUT2D eigenvalue weighted by molar-refractivity contribution is 0.104. The molecule has 1 N–H and O–H groups in total. The Labute approximate surface area is 72.4 Å². The van der Waals surface area contributed by atoms with Gasteiger partial charge in [0.15, 0.2) is 0 Å². The van der Waals surface area contributed by atoms with E-state index in [1.165, 1.54) is 17.7 Å². The van der Waals surface area contributed by atoms with Crippen LogP contribution in [-0.4, -0.2) is 20.4 Å². The topological polar surface area (TPSA) is 58.6 Å². The number of aromatic nitrogens is 3. The second kappa shape index (κ2) is 2.86. The van der Waals surface area contributed by atoms with E-state index in [0.717, 1.165) is 0 Å². The standard InChI is InChI=1S/C7H5N3OS/c11-7(5-3-8-9-4-5)6-1-2-10-12-6/h1-4H,(H,8,9). The molecule has 4 nitrogen and oxygen atoms in total. The van der Waals surface area contributed by atoms with Crippen molar-refractivity contribution in [3.05, 3.63) is 35.1 Å². The fourth-order valence-electron chi connectivity index (χ4n) is 0.850. The fourth-order valence-corrected chi connectivity index (χ4v) is 1.41. The first-order valence-corrected chi connectivity index (χ1v) is 4.09. The molecule has 0 fully saturated rings. The van der Waals surface area contributed by atoms with Gasteiger partial charge in [-0.25, -0.2) is 4.37 Å². The summed E-state index contributed by atoms with van der Waals surface area (Å²) in [5.41, 5.74) is 0.569. The lowest BCUT2D eigenvalue weighted by atomic mass is 10.2. The van der Waals surface area contributed by atoms with Gasteiger partial charge in [-0.2, -0.15) is 5.10 Å². The molecule has 2 aromatic heterocycles. The Bertz CT molecular complexity index is 329. The molecule has 0 aliphatic rings. The van der Waals surface area contributed by atoms with Gasteiger partial charge >= 0.3 is 0 Å². The van der Waals surface area contributed by atoms with Crippen LogP contribution in [0.4, 0.5) is 0 Å². The molecule has 0 amide bonds. The molecule has 0 atom stereocenters. The van der Waals surface area contributed by atoms with Gasteiger partial charge in [0.1, 0.15) is 0 Å². The van der Waals surface area contributed by atoms with E-state index >= 15 is 0 Å². The second-order valence-electron chi connectivity index (χ2n) is 2.19. The summed E-state index contributed by atoms with van der Waals surface area (Å²) < 4.78 is 3.84. The van der Waals surface area contributed by atoms with E-state index in [1.54, 1.807) is 18.5 Å². The van der Waals surface area contributed by atoms with Crippen LogP contribution in [0.15, 0.2) is 24.7 Å². The normalized spacial score (nSPS) is 10.0. The minimum absolute atomic E-state index is 0.0359. The monoisotopic (exact) mass is 179 g/mol. The number of nitrogens with one attached hydrogen (secondary N) is 1. The van der Waals surface area contributed by atoms with E-state index in [-0.39, 0.29) is 5.78 Å². The van der Waals surface area contributed by atoms with Gasteiger partial charge in [0.25, 0.3) is 0 Å². The predicted octanol–water partition coefficient (Wildman–Crippen LogP) is 1.10. The van der Waals surface area contributed by atoms with E-state index in [1.807, 2.05) is 0 Å². The summed E-state index contributed by atoms with van der Waals surface area (Å²) in [6.45, 7) is 0. The van der Waals surface area contributed by atoms with Crippen LogP contribution < -0.4 is 0 Å². The maximum Gasteiger partial charge on any atom is 0.207 e. The number of ketones is 1. The zero-order valence-corrected chi connectivity index (χ0v) is 6.84. The van der Waals surface area contributed by atoms with Crippen molar-refractivity contribution in [2.24, 2.45) is 0 Å². The Hall–Kier alpha value is -1.49. The minimum atomic E-state index is -0.0359. The molecule has 5 heteroatoms. The summed E-state index contributed by atoms with van der Waals surface area (Å²) in [4.78, 5) is 12.1. The van der Waals surface area contributed by atoms with Gasteiger partial charge in [0.05, 0.1) is 16.6 Å². The molecule has 0 aliphatic heterocycles. The highest BCUT2D eigenvalue weighted by molar-refractivity contribution is 7.08. The molecule has 0 radical (unpaired) electrons. The number of aromatic amines is 1. The zero-order chi connectivity index (χ0) is 8.39. The van der Waals surface area contributed by atoms with Crippen molar-refractivity contribution in [1.29, 1.82) is 0 Å². The number of carbonyl (C=O) groups is 1. The van der Waals surface area contributed by atoms with Crippen molar-refractivity contribution >= 4 is 17.3 Å². The molecule has 0 aromatic carbocycles. The van der Waals surface area contributed by atoms with Crippen LogP contribution >= 0.6 is 11.5 Å². The van der Waals surface area contributed by atoms with E-state index in [9.17, 15) is 4.79 Å². The van der Waals surface area contributed by atoms with Gasteiger partial charge in [0, 0.05) is 12.4 Å². The Kier molecular flexibility index (Phi) is 1.71. The minimum Gasteiger partial charge on any atom is -0.288 e. The third-order valence-electron chi connectivity index (χ3n) is 1.42. The Balaban J connectivity index is 2.34. The number of H-pyrrole nitrogens is 1.